The van der Waals surface area contributed by atoms with Gasteiger partial charge in [0.15, 0.2) is 0 Å². The van der Waals surface area contributed by atoms with Gasteiger partial charge in [0.2, 0.25) is 11.7 Å². The fourth-order valence-corrected chi connectivity index (χ4v) is 0.985. The van der Waals surface area contributed by atoms with Crippen molar-refractivity contribution in [1.29, 1.82) is 0 Å². The van der Waals surface area contributed by atoms with Crippen molar-refractivity contribution in [2.24, 2.45) is 0 Å². The van der Waals surface area contributed by atoms with E-state index in [9.17, 15) is 14.4 Å². The van der Waals surface area contributed by atoms with Gasteiger partial charge in [-0.25, -0.2) is 4.79 Å². The summed E-state index contributed by atoms with van der Waals surface area (Å²) in [5.74, 6) is -1.55. The lowest BCUT2D eigenvalue weighted by Crippen LogP contribution is -2.28. The molecule has 1 amide bonds. The minimum absolute atomic E-state index is 0.0477. The minimum atomic E-state index is -0.824. The van der Waals surface area contributed by atoms with Crippen LogP contribution in [0.4, 0.5) is 0 Å². The number of ether oxygens (including phenoxy) is 1. The molecule has 0 atom stereocenters. The molecule has 102 valence electrons. The van der Waals surface area contributed by atoms with E-state index < -0.39 is 17.4 Å². The van der Waals surface area contributed by atoms with E-state index in [1.54, 1.807) is 40.9 Å². The van der Waals surface area contributed by atoms with Crippen molar-refractivity contribution in [3.63, 3.8) is 0 Å². The Morgan fingerprint density at radius 3 is 2.17 bits per heavy atom. The molecule has 0 aliphatic heterocycles. The maximum Gasteiger partial charge on any atom is 0.375 e. The summed E-state index contributed by atoms with van der Waals surface area (Å²) in [6.07, 6.45) is 3.34. The number of likely N-dealkylation sites (N-methyl/N-ethyl adjacent to an activating group) is 1. The molecular formula is C13H21NO4. The van der Waals surface area contributed by atoms with Gasteiger partial charge >= 0.3 is 5.97 Å². The van der Waals surface area contributed by atoms with E-state index in [-0.39, 0.29) is 12.3 Å². The molecule has 0 bridgehead atoms. The Kier molecular flexibility index (Phi) is 6.30. The second kappa shape index (κ2) is 6.93. The van der Waals surface area contributed by atoms with Gasteiger partial charge < -0.3 is 9.64 Å². The highest BCUT2D eigenvalue weighted by Crippen LogP contribution is 2.08. The summed E-state index contributed by atoms with van der Waals surface area (Å²) in [6, 6.07) is 0. The first-order valence-corrected chi connectivity index (χ1v) is 5.77. The van der Waals surface area contributed by atoms with Gasteiger partial charge in [-0.3, -0.25) is 9.59 Å². The molecule has 0 saturated heterocycles. The number of rotatable bonds is 5. The van der Waals surface area contributed by atoms with Crippen LogP contribution in [0.25, 0.3) is 0 Å². The number of hydrogen-bond acceptors (Lipinski definition) is 4. The van der Waals surface area contributed by atoms with Crippen LogP contribution in [0, 0.1) is 0 Å². The van der Waals surface area contributed by atoms with E-state index in [4.69, 9.17) is 4.74 Å². The van der Waals surface area contributed by atoms with Gasteiger partial charge in [-0.05, 0) is 33.3 Å². The molecule has 0 aliphatic carbocycles. The summed E-state index contributed by atoms with van der Waals surface area (Å²) in [4.78, 5) is 35.3. The Morgan fingerprint density at radius 2 is 1.72 bits per heavy atom. The second-order valence-corrected chi connectivity index (χ2v) is 5.10. The maximum absolute atomic E-state index is 11.4. The van der Waals surface area contributed by atoms with E-state index in [1.165, 1.54) is 11.0 Å². The summed E-state index contributed by atoms with van der Waals surface area (Å²) in [5, 5.41) is 0. The average molecular weight is 255 g/mol. The highest BCUT2D eigenvalue weighted by molar-refractivity contribution is 6.33. The quantitative estimate of drug-likeness (QED) is 0.422. The monoisotopic (exact) mass is 255 g/mol. The molecule has 18 heavy (non-hydrogen) atoms. The van der Waals surface area contributed by atoms with Gasteiger partial charge in [-0.15, -0.1) is 0 Å². The number of hydrogen-bond donors (Lipinski definition) is 0. The number of allylic oxidation sites excluding steroid dienone is 1. The smallest absolute Gasteiger partial charge is 0.375 e. The van der Waals surface area contributed by atoms with Crippen LogP contribution in [0.2, 0.25) is 0 Å². The van der Waals surface area contributed by atoms with Crippen molar-refractivity contribution < 1.29 is 19.1 Å². The summed E-state index contributed by atoms with van der Waals surface area (Å²) in [5.41, 5.74) is -0.663. The number of ketones is 1. The van der Waals surface area contributed by atoms with Crippen LogP contribution >= 0.6 is 0 Å². The van der Waals surface area contributed by atoms with E-state index in [0.29, 0.717) is 6.42 Å². The Balaban J connectivity index is 4.05. The van der Waals surface area contributed by atoms with Crippen molar-refractivity contribution in [3.05, 3.63) is 12.2 Å². The number of carbonyl (C=O) groups excluding carboxylic acids is 3. The van der Waals surface area contributed by atoms with Gasteiger partial charge in [0.1, 0.15) is 5.60 Å². The molecule has 0 N–H and O–H groups in total. The summed E-state index contributed by atoms with van der Waals surface area (Å²) in [6.45, 7) is 5.11. The van der Waals surface area contributed by atoms with Crippen LogP contribution in [0.15, 0.2) is 12.2 Å². The standard InChI is InChI=1S/C13H21NO4/c1-13(2,3)18-12(17)10(15)8-6-7-9-11(16)14(4)5/h7,9H,6,8H2,1-5H3. The number of nitrogens with zero attached hydrogens (tertiary/aromatic N) is 1. The molecule has 5 nitrogen and oxygen atoms in total. The van der Waals surface area contributed by atoms with Crippen molar-refractivity contribution in [2.75, 3.05) is 14.1 Å². The number of amides is 1. The van der Waals surface area contributed by atoms with Crippen LogP contribution in [-0.2, 0) is 19.1 Å². The molecular weight excluding hydrogens is 234 g/mol. The zero-order chi connectivity index (χ0) is 14.3. The van der Waals surface area contributed by atoms with Crippen molar-refractivity contribution >= 4 is 17.7 Å². The second-order valence-electron chi connectivity index (χ2n) is 5.10. The molecule has 0 aliphatic rings. The SMILES string of the molecule is CN(C)C(=O)C=CCCC(=O)C(=O)OC(C)(C)C. The minimum Gasteiger partial charge on any atom is -0.454 e. The van der Waals surface area contributed by atoms with E-state index in [2.05, 4.69) is 0 Å². The van der Waals surface area contributed by atoms with Gasteiger partial charge in [-0.2, -0.15) is 0 Å². The average Bonchev–Trinajstić information content (AvgIpc) is 2.20. The molecule has 0 heterocycles. The first kappa shape index (κ1) is 16.4. The van der Waals surface area contributed by atoms with Gasteiger partial charge in [-0.1, -0.05) is 6.08 Å². The van der Waals surface area contributed by atoms with Crippen LogP contribution in [0.3, 0.4) is 0 Å². The molecule has 0 spiro atoms. The predicted octanol–water partition coefficient (Wildman–Crippen LogP) is 1.32. The van der Waals surface area contributed by atoms with E-state index >= 15 is 0 Å². The molecule has 0 unspecified atom stereocenters. The maximum atomic E-state index is 11.4. The number of Topliss-reactive ketones (excluding diaryl/α,β-unsaturated/α-hetero) is 1. The summed E-state index contributed by atoms with van der Waals surface area (Å²) < 4.78 is 4.93. The first-order chi connectivity index (χ1) is 8.13. The van der Waals surface area contributed by atoms with Crippen molar-refractivity contribution in [2.45, 2.75) is 39.2 Å². The Bertz CT molecular complexity index is 350. The lowest BCUT2D eigenvalue weighted by Gasteiger charge is -2.18. The van der Waals surface area contributed by atoms with Gasteiger partial charge in [0.05, 0.1) is 0 Å². The lowest BCUT2D eigenvalue weighted by molar-refractivity contribution is -0.162. The van der Waals surface area contributed by atoms with Crippen LogP contribution in [0.1, 0.15) is 33.6 Å². The lowest BCUT2D eigenvalue weighted by atomic mass is 10.1. The van der Waals surface area contributed by atoms with Crippen LogP contribution in [0.5, 0.6) is 0 Å². The van der Waals surface area contributed by atoms with Crippen LogP contribution in [-0.4, -0.2) is 42.3 Å². The molecule has 5 heteroatoms. The highest BCUT2D eigenvalue weighted by atomic mass is 16.6. The first-order valence-electron chi connectivity index (χ1n) is 5.77. The van der Waals surface area contributed by atoms with Gasteiger partial charge in [0.25, 0.3) is 0 Å². The zero-order valence-electron chi connectivity index (χ0n) is 11.6. The summed E-state index contributed by atoms with van der Waals surface area (Å²) >= 11 is 0. The summed E-state index contributed by atoms with van der Waals surface area (Å²) in [7, 11) is 3.27. The normalized spacial score (nSPS) is 11.4. The van der Waals surface area contributed by atoms with Crippen LogP contribution < -0.4 is 0 Å². The largest absolute Gasteiger partial charge is 0.454 e. The molecule has 0 radical (unpaired) electrons. The number of esters is 1. The van der Waals surface area contributed by atoms with Gasteiger partial charge in [0, 0.05) is 20.5 Å². The molecule has 0 saturated carbocycles. The molecule has 0 aromatic heterocycles. The highest BCUT2D eigenvalue weighted by Gasteiger charge is 2.21. The number of carbonyl (C=O) groups is 3. The third-order valence-corrected chi connectivity index (χ3v) is 1.87. The fraction of sp³-hybridized carbons (Fsp3) is 0.615. The Hall–Kier alpha value is -1.65. The van der Waals surface area contributed by atoms with Crippen molar-refractivity contribution in [3.8, 4) is 0 Å². The fourth-order valence-electron chi connectivity index (χ4n) is 0.985. The third-order valence-electron chi connectivity index (χ3n) is 1.87. The molecule has 0 aromatic carbocycles. The van der Waals surface area contributed by atoms with E-state index in [0.717, 1.165) is 0 Å². The third kappa shape index (κ3) is 7.60. The zero-order valence-corrected chi connectivity index (χ0v) is 11.6. The predicted molar refractivity (Wildman–Crippen MR) is 67.9 cm³/mol. The van der Waals surface area contributed by atoms with Crippen molar-refractivity contribution in [1.82, 2.24) is 4.90 Å². The Labute approximate surface area is 108 Å². The topological polar surface area (TPSA) is 63.7 Å². The molecule has 0 aromatic rings. The van der Waals surface area contributed by atoms with E-state index in [1.807, 2.05) is 0 Å². The molecule has 0 rings (SSSR count). The molecule has 0 fully saturated rings. The Morgan fingerprint density at radius 1 is 1.17 bits per heavy atom.